The Morgan fingerprint density at radius 3 is 2.48 bits per heavy atom. The minimum absolute atomic E-state index is 0.130. The first-order chi connectivity index (χ1) is 13.0. The van der Waals surface area contributed by atoms with Gasteiger partial charge in [0.1, 0.15) is 0 Å². The number of rotatable bonds is 5. The zero-order valence-corrected chi connectivity index (χ0v) is 14.9. The van der Waals surface area contributed by atoms with Crippen LogP contribution < -0.4 is 5.32 Å². The summed E-state index contributed by atoms with van der Waals surface area (Å²) >= 11 is 0. The topological polar surface area (TPSA) is 104 Å². The number of benzene rings is 2. The first-order valence-electron chi connectivity index (χ1n) is 8.17. The third kappa shape index (κ3) is 4.12. The molecule has 27 heavy (non-hydrogen) atoms. The highest BCUT2D eigenvalue weighted by Gasteiger charge is 2.17. The van der Waals surface area contributed by atoms with Crippen molar-refractivity contribution >= 4 is 34.4 Å². The van der Waals surface area contributed by atoms with Crippen LogP contribution in [-0.4, -0.2) is 53.6 Å². The molecule has 0 atom stereocenters. The molecule has 0 saturated carbocycles. The van der Waals surface area contributed by atoms with E-state index in [1.54, 1.807) is 56.6 Å². The van der Waals surface area contributed by atoms with Gasteiger partial charge in [-0.25, -0.2) is 4.79 Å². The molecule has 8 heteroatoms. The van der Waals surface area contributed by atoms with Crippen LogP contribution in [0.3, 0.4) is 0 Å². The minimum atomic E-state index is -0.686. The van der Waals surface area contributed by atoms with Crippen molar-refractivity contribution in [1.82, 2.24) is 15.1 Å². The van der Waals surface area contributed by atoms with E-state index in [0.29, 0.717) is 22.2 Å². The Morgan fingerprint density at radius 2 is 1.78 bits per heavy atom. The van der Waals surface area contributed by atoms with Crippen molar-refractivity contribution in [3.8, 4) is 0 Å². The highest BCUT2D eigenvalue weighted by atomic mass is 16.5. The lowest BCUT2D eigenvalue weighted by molar-refractivity contribution is -0.119. The lowest BCUT2D eigenvalue weighted by Crippen LogP contribution is -2.22. The van der Waals surface area contributed by atoms with E-state index >= 15 is 0 Å². The Bertz CT molecular complexity index is 992. The number of fused-ring (bicyclic) bond motifs is 1. The third-order valence-electron chi connectivity index (χ3n) is 3.82. The average molecular weight is 366 g/mol. The van der Waals surface area contributed by atoms with Gasteiger partial charge in [0.2, 0.25) is 0 Å². The van der Waals surface area contributed by atoms with Gasteiger partial charge in [0.15, 0.2) is 12.3 Å². The van der Waals surface area contributed by atoms with E-state index in [0.717, 1.165) is 0 Å². The number of hydrogen-bond acceptors (Lipinski definition) is 5. The van der Waals surface area contributed by atoms with Gasteiger partial charge in [0.25, 0.3) is 11.8 Å². The van der Waals surface area contributed by atoms with Crippen LogP contribution in [0.15, 0.2) is 48.5 Å². The van der Waals surface area contributed by atoms with Gasteiger partial charge >= 0.3 is 5.97 Å². The number of esters is 1. The molecule has 3 rings (SSSR count). The molecule has 0 aliphatic rings. The summed E-state index contributed by atoms with van der Waals surface area (Å²) < 4.78 is 5.03. The first kappa shape index (κ1) is 18.1. The van der Waals surface area contributed by atoms with Gasteiger partial charge in [0, 0.05) is 30.7 Å². The van der Waals surface area contributed by atoms with Gasteiger partial charge in [-0.1, -0.05) is 18.2 Å². The number of hydrogen-bond donors (Lipinski definition) is 2. The van der Waals surface area contributed by atoms with Crippen LogP contribution in [0.5, 0.6) is 0 Å². The van der Waals surface area contributed by atoms with E-state index in [4.69, 9.17) is 4.74 Å². The number of aromatic nitrogens is 2. The van der Waals surface area contributed by atoms with Crippen molar-refractivity contribution in [3.63, 3.8) is 0 Å². The zero-order chi connectivity index (χ0) is 19.4. The van der Waals surface area contributed by atoms with Crippen LogP contribution >= 0.6 is 0 Å². The second-order valence-corrected chi connectivity index (χ2v) is 6.02. The average Bonchev–Trinajstić information content (AvgIpc) is 3.10. The number of carbonyl (C=O) groups excluding carboxylic acids is 3. The van der Waals surface area contributed by atoms with E-state index in [-0.39, 0.29) is 11.6 Å². The molecular weight excluding hydrogens is 348 g/mol. The molecule has 8 nitrogen and oxygen atoms in total. The fourth-order valence-corrected chi connectivity index (χ4v) is 2.47. The van der Waals surface area contributed by atoms with Crippen LogP contribution in [0.4, 0.5) is 5.69 Å². The van der Waals surface area contributed by atoms with Crippen molar-refractivity contribution in [2.75, 3.05) is 26.0 Å². The minimum Gasteiger partial charge on any atom is -0.451 e. The van der Waals surface area contributed by atoms with Crippen molar-refractivity contribution in [1.29, 1.82) is 0 Å². The van der Waals surface area contributed by atoms with E-state index in [9.17, 15) is 14.4 Å². The Labute approximate surface area is 155 Å². The van der Waals surface area contributed by atoms with Gasteiger partial charge in [-0.05, 0) is 30.3 Å². The molecule has 2 N–H and O–H groups in total. The lowest BCUT2D eigenvalue weighted by Gasteiger charge is -2.11. The summed E-state index contributed by atoms with van der Waals surface area (Å²) in [6.07, 6.45) is 0. The largest absolute Gasteiger partial charge is 0.451 e. The fraction of sp³-hybridized carbons (Fsp3) is 0.158. The maximum Gasteiger partial charge on any atom is 0.359 e. The second-order valence-electron chi connectivity index (χ2n) is 6.02. The summed E-state index contributed by atoms with van der Waals surface area (Å²) in [5.41, 5.74) is 1.85. The molecule has 3 aromatic rings. The number of carbonyl (C=O) groups is 3. The molecule has 1 heterocycles. The van der Waals surface area contributed by atoms with Crippen LogP contribution in [0, 0.1) is 0 Å². The van der Waals surface area contributed by atoms with E-state index < -0.39 is 18.5 Å². The molecule has 0 aliphatic heterocycles. The van der Waals surface area contributed by atoms with E-state index in [1.807, 2.05) is 6.07 Å². The summed E-state index contributed by atoms with van der Waals surface area (Å²) in [6.45, 7) is -0.446. The molecule has 0 radical (unpaired) electrons. The van der Waals surface area contributed by atoms with Crippen molar-refractivity contribution in [3.05, 3.63) is 59.8 Å². The van der Waals surface area contributed by atoms with E-state index in [2.05, 4.69) is 15.5 Å². The van der Waals surface area contributed by atoms with Crippen molar-refractivity contribution in [2.45, 2.75) is 0 Å². The molecule has 0 unspecified atom stereocenters. The normalized spacial score (nSPS) is 10.4. The van der Waals surface area contributed by atoms with Crippen LogP contribution in [0.2, 0.25) is 0 Å². The Morgan fingerprint density at radius 1 is 1.07 bits per heavy atom. The SMILES string of the molecule is CN(C)C(=O)c1ccc(NC(=O)COC(=O)c2n[nH]c3ccccc23)cc1. The van der Waals surface area contributed by atoms with Gasteiger partial charge in [0.05, 0.1) is 5.52 Å². The van der Waals surface area contributed by atoms with E-state index in [1.165, 1.54) is 4.90 Å². The summed E-state index contributed by atoms with van der Waals surface area (Å²) in [4.78, 5) is 37.4. The summed E-state index contributed by atoms with van der Waals surface area (Å²) in [5.74, 6) is -1.31. The molecule has 0 fully saturated rings. The summed E-state index contributed by atoms with van der Waals surface area (Å²) in [7, 11) is 3.32. The molecular formula is C19H18N4O4. The number of nitrogens with zero attached hydrogens (tertiary/aromatic N) is 2. The molecule has 2 amide bonds. The number of para-hydroxylation sites is 1. The maximum atomic E-state index is 12.1. The highest BCUT2D eigenvalue weighted by Crippen LogP contribution is 2.16. The molecule has 0 bridgehead atoms. The zero-order valence-electron chi connectivity index (χ0n) is 14.9. The molecule has 2 aromatic carbocycles. The van der Waals surface area contributed by atoms with Gasteiger partial charge in [-0.2, -0.15) is 5.10 Å². The van der Waals surface area contributed by atoms with Gasteiger partial charge in [-0.15, -0.1) is 0 Å². The Hall–Kier alpha value is -3.68. The van der Waals surface area contributed by atoms with Gasteiger partial charge in [-0.3, -0.25) is 14.7 Å². The number of anilines is 1. The quantitative estimate of drug-likeness (QED) is 0.673. The monoisotopic (exact) mass is 366 g/mol. The van der Waals surface area contributed by atoms with Crippen molar-refractivity contribution in [2.24, 2.45) is 0 Å². The number of H-pyrrole nitrogens is 1. The van der Waals surface area contributed by atoms with Crippen molar-refractivity contribution < 1.29 is 19.1 Å². The second kappa shape index (κ2) is 7.69. The third-order valence-corrected chi connectivity index (χ3v) is 3.82. The standard InChI is InChI=1S/C19H18N4O4/c1-23(2)18(25)12-7-9-13(10-8-12)20-16(24)11-27-19(26)17-14-5-3-4-6-15(14)21-22-17/h3-10H,11H2,1-2H3,(H,20,24)(H,21,22). The van der Waals surface area contributed by atoms with Gasteiger partial charge < -0.3 is 15.0 Å². The lowest BCUT2D eigenvalue weighted by atomic mass is 10.2. The Kier molecular flexibility index (Phi) is 5.16. The molecule has 1 aromatic heterocycles. The van der Waals surface area contributed by atoms with Crippen LogP contribution in [0.1, 0.15) is 20.8 Å². The smallest absolute Gasteiger partial charge is 0.359 e. The number of ether oxygens (including phenoxy) is 1. The van der Waals surface area contributed by atoms with Crippen LogP contribution in [0.25, 0.3) is 10.9 Å². The predicted molar refractivity (Wildman–Crippen MR) is 99.5 cm³/mol. The maximum absolute atomic E-state index is 12.1. The number of amides is 2. The molecule has 0 aliphatic carbocycles. The highest BCUT2D eigenvalue weighted by molar-refractivity contribution is 6.03. The summed E-state index contributed by atoms with van der Waals surface area (Å²) in [5, 5.41) is 9.90. The predicted octanol–water partition coefficient (Wildman–Crippen LogP) is 2.06. The molecule has 138 valence electrons. The van der Waals surface area contributed by atoms with Crippen LogP contribution in [-0.2, 0) is 9.53 Å². The first-order valence-corrected chi connectivity index (χ1v) is 8.17. The summed E-state index contributed by atoms with van der Waals surface area (Å²) in [6, 6.07) is 13.6. The number of aromatic amines is 1. The Balaban J connectivity index is 1.56. The number of nitrogens with one attached hydrogen (secondary N) is 2. The fourth-order valence-electron chi connectivity index (χ4n) is 2.47. The molecule has 0 spiro atoms. The molecule has 0 saturated heterocycles.